The van der Waals surface area contributed by atoms with E-state index in [0.717, 1.165) is 29.8 Å². The van der Waals surface area contributed by atoms with Crippen molar-refractivity contribution in [1.82, 2.24) is 10.3 Å². The number of anilines is 1. The van der Waals surface area contributed by atoms with Crippen molar-refractivity contribution in [3.8, 4) is 0 Å². The van der Waals surface area contributed by atoms with Gasteiger partial charge in [0.05, 0.1) is 12.3 Å². The molecule has 17 heavy (non-hydrogen) atoms. The largest absolute Gasteiger partial charge is 0.378 e. The summed E-state index contributed by atoms with van der Waals surface area (Å²) in [5, 5.41) is 4.30. The zero-order valence-electron chi connectivity index (χ0n) is 10.8. The van der Waals surface area contributed by atoms with Gasteiger partial charge in [-0.2, -0.15) is 0 Å². The zero-order valence-corrected chi connectivity index (χ0v) is 11.6. The predicted octanol–water partition coefficient (Wildman–Crippen LogP) is 1.86. The molecule has 1 aromatic rings. The number of nitrogens with one attached hydrogen (secondary N) is 1. The van der Waals surface area contributed by atoms with Crippen molar-refractivity contribution in [2.45, 2.75) is 26.0 Å². The van der Waals surface area contributed by atoms with Crippen LogP contribution in [0, 0.1) is 5.92 Å². The Labute approximate surface area is 107 Å². The van der Waals surface area contributed by atoms with Gasteiger partial charge in [0.1, 0.15) is 0 Å². The number of hydrogen-bond donors (Lipinski definition) is 1. The number of thiazole rings is 1. The topological polar surface area (TPSA) is 37.4 Å². The summed E-state index contributed by atoms with van der Waals surface area (Å²) in [6.45, 7) is 2.61. The summed E-state index contributed by atoms with van der Waals surface area (Å²) >= 11 is 1.77. The van der Waals surface area contributed by atoms with Gasteiger partial charge in [-0.3, -0.25) is 0 Å². The van der Waals surface area contributed by atoms with E-state index >= 15 is 0 Å². The second kappa shape index (κ2) is 5.80. The summed E-state index contributed by atoms with van der Waals surface area (Å²) in [6, 6.07) is 0. The highest BCUT2D eigenvalue weighted by molar-refractivity contribution is 7.15. The van der Waals surface area contributed by atoms with Crippen LogP contribution in [-0.2, 0) is 17.9 Å². The molecule has 0 atom stereocenters. The standard InChI is InChI=1S/C12H21N3OS/c1-13-6-11-10(8-16-3)14-12(17-11)15(2)7-9-4-5-9/h9,13H,4-8H2,1-3H3. The van der Waals surface area contributed by atoms with Crippen LogP contribution < -0.4 is 10.2 Å². The normalized spacial score (nSPS) is 15.2. The maximum atomic E-state index is 5.20. The van der Waals surface area contributed by atoms with E-state index in [0.29, 0.717) is 6.61 Å². The molecule has 0 amide bonds. The molecule has 0 aliphatic heterocycles. The minimum Gasteiger partial charge on any atom is -0.378 e. The van der Waals surface area contributed by atoms with Crippen LogP contribution in [0.1, 0.15) is 23.4 Å². The van der Waals surface area contributed by atoms with Crippen molar-refractivity contribution in [2.75, 3.05) is 32.6 Å². The Kier molecular flexibility index (Phi) is 4.36. The van der Waals surface area contributed by atoms with E-state index in [1.54, 1.807) is 18.4 Å². The molecule has 1 saturated carbocycles. The van der Waals surface area contributed by atoms with Crippen molar-refractivity contribution in [2.24, 2.45) is 5.92 Å². The number of rotatable bonds is 7. The molecule has 1 aliphatic rings. The summed E-state index contributed by atoms with van der Waals surface area (Å²) in [6.07, 6.45) is 2.76. The molecule has 4 nitrogen and oxygen atoms in total. The first kappa shape index (κ1) is 12.8. The van der Waals surface area contributed by atoms with E-state index in [1.807, 2.05) is 7.05 Å². The molecule has 0 unspecified atom stereocenters. The van der Waals surface area contributed by atoms with Gasteiger partial charge in [-0.25, -0.2) is 4.98 Å². The van der Waals surface area contributed by atoms with Crippen molar-refractivity contribution < 1.29 is 4.74 Å². The first-order valence-electron chi connectivity index (χ1n) is 6.07. The summed E-state index contributed by atoms with van der Waals surface area (Å²) in [5.74, 6) is 0.891. The van der Waals surface area contributed by atoms with Crippen LogP contribution >= 0.6 is 11.3 Å². The van der Waals surface area contributed by atoms with Crippen molar-refractivity contribution in [3.05, 3.63) is 10.6 Å². The van der Waals surface area contributed by atoms with Gasteiger partial charge in [-0.15, -0.1) is 11.3 Å². The van der Waals surface area contributed by atoms with Crippen molar-refractivity contribution in [3.63, 3.8) is 0 Å². The highest BCUT2D eigenvalue weighted by Gasteiger charge is 2.24. The van der Waals surface area contributed by atoms with Crippen LogP contribution in [0.2, 0.25) is 0 Å². The lowest BCUT2D eigenvalue weighted by Gasteiger charge is -2.14. The molecule has 0 aromatic carbocycles. The molecule has 0 saturated heterocycles. The van der Waals surface area contributed by atoms with Crippen LogP contribution in [0.5, 0.6) is 0 Å². The van der Waals surface area contributed by atoms with Crippen LogP contribution in [0.4, 0.5) is 5.13 Å². The van der Waals surface area contributed by atoms with Crippen LogP contribution in [0.25, 0.3) is 0 Å². The molecule has 0 radical (unpaired) electrons. The van der Waals surface area contributed by atoms with E-state index in [-0.39, 0.29) is 0 Å². The lowest BCUT2D eigenvalue weighted by molar-refractivity contribution is 0.181. The first-order valence-corrected chi connectivity index (χ1v) is 6.89. The summed E-state index contributed by atoms with van der Waals surface area (Å²) in [4.78, 5) is 8.24. The first-order chi connectivity index (χ1) is 8.24. The van der Waals surface area contributed by atoms with E-state index in [4.69, 9.17) is 4.74 Å². The smallest absolute Gasteiger partial charge is 0.185 e. The van der Waals surface area contributed by atoms with E-state index in [9.17, 15) is 0 Å². The predicted molar refractivity (Wildman–Crippen MR) is 71.6 cm³/mol. The quantitative estimate of drug-likeness (QED) is 0.807. The van der Waals surface area contributed by atoms with Gasteiger partial charge in [-0.1, -0.05) is 0 Å². The van der Waals surface area contributed by atoms with Gasteiger partial charge >= 0.3 is 0 Å². The van der Waals surface area contributed by atoms with Gasteiger partial charge in [-0.05, 0) is 25.8 Å². The number of hydrogen-bond acceptors (Lipinski definition) is 5. The highest BCUT2D eigenvalue weighted by Crippen LogP contribution is 2.33. The third-order valence-electron chi connectivity index (χ3n) is 2.94. The summed E-state index contributed by atoms with van der Waals surface area (Å²) in [5.41, 5.74) is 1.07. The van der Waals surface area contributed by atoms with Crippen LogP contribution in [0.15, 0.2) is 0 Å². The third-order valence-corrected chi connectivity index (χ3v) is 4.15. The monoisotopic (exact) mass is 255 g/mol. The van der Waals surface area contributed by atoms with Crippen molar-refractivity contribution >= 4 is 16.5 Å². The lowest BCUT2D eigenvalue weighted by atomic mass is 10.4. The number of ether oxygens (including phenoxy) is 1. The number of methoxy groups -OCH3 is 1. The molecule has 1 fully saturated rings. The lowest BCUT2D eigenvalue weighted by Crippen LogP contribution is -2.19. The van der Waals surface area contributed by atoms with Gasteiger partial charge in [0, 0.05) is 32.1 Å². The fourth-order valence-corrected chi connectivity index (χ4v) is 2.89. The molecule has 1 aromatic heterocycles. The highest BCUT2D eigenvalue weighted by atomic mass is 32.1. The second-order valence-corrected chi connectivity index (χ2v) is 5.72. The minimum absolute atomic E-state index is 0.602. The molecule has 1 heterocycles. The fraction of sp³-hybridized carbons (Fsp3) is 0.750. The average Bonchev–Trinajstić information content (AvgIpc) is 3.02. The van der Waals surface area contributed by atoms with E-state index < -0.39 is 0 Å². The molecule has 0 bridgehead atoms. The van der Waals surface area contributed by atoms with E-state index in [1.165, 1.54) is 17.7 Å². The van der Waals surface area contributed by atoms with E-state index in [2.05, 4.69) is 22.2 Å². The second-order valence-electron chi connectivity index (χ2n) is 4.65. The molecule has 0 spiro atoms. The Bertz CT molecular complexity index is 339. The summed E-state index contributed by atoms with van der Waals surface area (Å²) < 4.78 is 5.20. The van der Waals surface area contributed by atoms with Gasteiger partial charge in [0.2, 0.25) is 0 Å². The van der Waals surface area contributed by atoms with Crippen LogP contribution in [0.3, 0.4) is 0 Å². The van der Waals surface area contributed by atoms with Gasteiger partial charge < -0.3 is 15.0 Å². The molecular formula is C12H21N3OS. The SMILES string of the molecule is CNCc1sc(N(C)CC2CC2)nc1COC. The Morgan fingerprint density at radius 3 is 2.88 bits per heavy atom. The van der Waals surface area contributed by atoms with Gasteiger partial charge in [0.25, 0.3) is 0 Å². The van der Waals surface area contributed by atoms with Gasteiger partial charge in [0.15, 0.2) is 5.13 Å². The maximum absolute atomic E-state index is 5.20. The van der Waals surface area contributed by atoms with Crippen LogP contribution in [-0.4, -0.2) is 32.7 Å². The Morgan fingerprint density at radius 1 is 1.53 bits per heavy atom. The molecule has 2 rings (SSSR count). The van der Waals surface area contributed by atoms with Crippen molar-refractivity contribution in [1.29, 1.82) is 0 Å². The molecule has 5 heteroatoms. The number of aromatic nitrogens is 1. The Hall–Kier alpha value is -0.650. The number of nitrogens with zero attached hydrogens (tertiary/aromatic N) is 2. The third kappa shape index (κ3) is 3.40. The molecule has 96 valence electrons. The minimum atomic E-state index is 0.602. The zero-order chi connectivity index (χ0) is 12.3. The molecular weight excluding hydrogens is 234 g/mol. The average molecular weight is 255 g/mol. The molecule has 1 N–H and O–H groups in total. The maximum Gasteiger partial charge on any atom is 0.185 e. The molecule has 1 aliphatic carbocycles. The Balaban J connectivity index is 2.07. The summed E-state index contributed by atoms with van der Waals surface area (Å²) in [7, 11) is 5.82. The Morgan fingerprint density at radius 2 is 2.29 bits per heavy atom. The fourth-order valence-electron chi connectivity index (χ4n) is 1.85.